The Bertz CT molecular complexity index is 141. The van der Waals surface area contributed by atoms with E-state index in [0.717, 1.165) is 19.5 Å². The first-order valence-electron chi connectivity index (χ1n) is 4.89. The Hall–Kier alpha value is -0.220. The van der Waals surface area contributed by atoms with Gasteiger partial charge in [-0.3, -0.25) is 0 Å². The van der Waals surface area contributed by atoms with Crippen LogP contribution in [0.15, 0.2) is 0 Å². The number of hydrogen-bond acceptors (Lipinski definition) is 2. The van der Waals surface area contributed by atoms with Gasteiger partial charge in [0.1, 0.15) is 0 Å². The van der Waals surface area contributed by atoms with E-state index >= 15 is 0 Å². The van der Waals surface area contributed by atoms with E-state index in [4.69, 9.17) is 0 Å². The van der Waals surface area contributed by atoms with Crippen LogP contribution < -0.4 is 5.32 Å². The van der Waals surface area contributed by atoms with Crippen molar-refractivity contribution < 1.29 is 8.78 Å². The Labute approximate surface area is 78.3 Å². The van der Waals surface area contributed by atoms with Gasteiger partial charge in [-0.05, 0) is 26.6 Å². The maximum atomic E-state index is 12.7. The number of piperidine rings is 1. The van der Waals surface area contributed by atoms with Crippen LogP contribution in [-0.2, 0) is 0 Å². The van der Waals surface area contributed by atoms with Gasteiger partial charge in [0.05, 0.1) is 0 Å². The normalized spacial score (nSPS) is 23.3. The zero-order chi connectivity index (χ0) is 9.73. The number of nitrogens with zero attached hydrogens (tertiary/aromatic N) is 1. The van der Waals surface area contributed by atoms with E-state index in [1.165, 1.54) is 0 Å². The summed E-state index contributed by atoms with van der Waals surface area (Å²) >= 11 is 0. The Balaban J connectivity index is 2.11. The van der Waals surface area contributed by atoms with Crippen molar-refractivity contribution >= 4 is 0 Å². The minimum Gasteiger partial charge on any atom is -0.320 e. The molecule has 0 bridgehead atoms. The molecule has 1 aliphatic rings. The van der Waals surface area contributed by atoms with Crippen LogP contribution in [0.4, 0.5) is 8.78 Å². The van der Waals surface area contributed by atoms with Crippen LogP contribution in [0.5, 0.6) is 0 Å². The van der Waals surface area contributed by atoms with Crippen LogP contribution in [0, 0.1) is 0 Å². The van der Waals surface area contributed by atoms with Gasteiger partial charge in [-0.15, -0.1) is 0 Å². The van der Waals surface area contributed by atoms with Crippen molar-refractivity contribution in [2.24, 2.45) is 0 Å². The molecule has 0 aromatic carbocycles. The lowest BCUT2D eigenvalue weighted by atomic mass is 10.1. The highest BCUT2D eigenvalue weighted by Gasteiger charge is 2.33. The summed E-state index contributed by atoms with van der Waals surface area (Å²) in [6.07, 6.45) is 1.11. The first-order chi connectivity index (χ1) is 6.14. The van der Waals surface area contributed by atoms with Gasteiger partial charge in [-0.1, -0.05) is 0 Å². The zero-order valence-electron chi connectivity index (χ0n) is 8.15. The molecule has 1 heterocycles. The van der Waals surface area contributed by atoms with E-state index in [2.05, 4.69) is 10.2 Å². The van der Waals surface area contributed by atoms with Crippen molar-refractivity contribution in [1.29, 1.82) is 0 Å². The minimum absolute atomic E-state index is 0.0343. The molecule has 0 amide bonds. The van der Waals surface area contributed by atoms with E-state index < -0.39 is 5.92 Å². The first-order valence-corrected chi connectivity index (χ1v) is 4.89. The summed E-state index contributed by atoms with van der Waals surface area (Å²) in [7, 11) is 1.91. The van der Waals surface area contributed by atoms with Crippen molar-refractivity contribution in [2.75, 3.05) is 33.2 Å². The number of likely N-dealkylation sites (tertiary alicyclic amines) is 1. The topological polar surface area (TPSA) is 15.3 Å². The van der Waals surface area contributed by atoms with E-state index in [1.54, 1.807) is 0 Å². The van der Waals surface area contributed by atoms with Gasteiger partial charge in [-0.2, -0.15) is 0 Å². The molecule has 0 aromatic heterocycles. The van der Waals surface area contributed by atoms with Gasteiger partial charge >= 0.3 is 0 Å². The standard InChI is InChI=1S/C9H18F2N2/c1-12-5-2-6-13-7-3-9(10,11)4-8-13/h12H,2-8H2,1H3. The summed E-state index contributed by atoms with van der Waals surface area (Å²) in [6.45, 7) is 3.01. The second-order valence-corrected chi connectivity index (χ2v) is 3.65. The fourth-order valence-electron chi connectivity index (χ4n) is 1.58. The van der Waals surface area contributed by atoms with E-state index in [0.29, 0.717) is 13.1 Å². The van der Waals surface area contributed by atoms with E-state index in [-0.39, 0.29) is 12.8 Å². The van der Waals surface area contributed by atoms with Crippen molar-refractivity contribution in [1.82, 2.24) is 10.2 Å². The Kier molecular flexibility index (Phi) is 4.06. The largest absolute Gasteiger partial charge is 0.320 e. The smallest absolute Gasteiger partial charge is 0.250 e. The quantitative estimate of drug-likeness (QED) is 0.676. The molecule has 0 atom stereocenters. The molecule has 1 fully saturated rings. The Morgan fingerprint density at radius 1 is 1.31 bits per heavy atom. The third-order valence-corrected chi connectivity index (χ3v) is 2.49. The summed E-state index contributed by atoms with van der Waals surface area (Å²) in [4.78, 5) is 2.12. The molecule has 1 aliphatic heterocycles. The number of nitrogens with one attached hydrogen (secondary N) is 1. The highest BCUT2D eigenvalue weighted by Crippen LogP contribution is 2.27. The SMILES string of the molecule is CNCCCN1CCC(F)(F)CC1. The number of alkyl halides is 2. The van der Waals surface area contributed by atoms with Crippen LogP contribution in [0.3, 0.4) is 0 Å². The van der Waals surface area contributed by atoms with Crippen molar-refractivity contribution in [3.05, 3.63) is 0 Å². The molecule has 1 rings (SSSR count). The molecular weight excluding hydrogens is 174 g/mol. The average molecular weight is 192 g/mol. The third kappa shape index (κ3) is 4.00. The number of rotatable bonds is 4. The zero-order valence-corrected chi connectivity index (χ0v) is 8.15. The van der Waals surface area contributed by atoms with Crippen molar-refractivity contribution in [2.45, 2.75) is 25.2 Å². The van der Waals surface area contributed by atoms with Crippen LogP contribution in [-0.4, -0.2) is 44.0 Å². The lowest BCUT2D eigenvalue weighted by Gasteiger charge is -2.31. The van der Waals surface area contributed by atoms with Crippen LogP contribution >= 0.6 is 0 Å². The summed E-state index contributed by atoms with van der Waals surface area (Å²) in [5.41, 5.74) is 0. The molecule has 2 nitrogen and oxygen atoms in total. The second kappa shape index (κ2) is 4.86. The predicted octanol–water partition coefficient (Wildman–Crippen LogP) is 1.33. The molecule has 4 heteroatoms. The fourth-order valence-corrected chi connectivity index (χ4v) is 1.58. The van der Waals surface area contributed by atoms with Gasteiger partial charge in [0, 0.05) is 25.9 Å². The molecule has 1 N–H and O–H groups in total. The molecule has 13 heavy (non-hydrogen) atoms. The van der Waals surface area contributed by atoms with Gasteiger partial charge in [0.15, 0.2) is 0 Å². The van der Waals surface area contributed by atoms with Crippen LogP contribution in [0.25, 0.3) is 0 Å². The van der Waals surface area contributed by atoms with E-state index in [1.807, 2.05) is 7.05 Å². The average Bonchev–Trinajstić information content (AvgIpc) is 2.08. The van der Waals surface area contributed by atoms with Crippen molar-refractivity contribution in [3.63, 3.8) is 0 Å². The molecular formula is C9H18F2N2. The molecule has 0 aliphatic carbocycles. The summed E-state index contributed by atoms with van der Waals surface area (Å²) in [6, 6.07) is 0. The lowest BCUT2D eigenvalue weighted by Crippen LogP contribution is -2.40. The fraction of sp³-hybridized carbons (Fsp3) is 1.00. The van der Waals surface area contributed by atoms with Gasteiger partial charge in [0.2, 0.25) is 0 Å². The maximum Gasteiger partial charge on any atom is 0.250 e. The lowest BCUT2D eigenvalue weighted by molar-refractivity contribution is -0.0550. The summed E-state index contributed by atoms with van der Waals surface area (Å²) in [5, 5.41) is 3.05. The second-order valence-electron chi connectivity index (χ2n) is 3.65. The molecule has 0 radical (unpaired) electrons. The van der Waals surface area contributed by atoms with Gasteiger partial charge in [-0.25, -0.2) is 8.78 Å². The van der Waals surface area contributed by atoms with Crippen LogP contribution in [0.1, 0.15) is 19.3 Å². The van der Waals surface area contributed by atoms with Gasteiger partial charge in [0.25, 0.3) is 5.92 Å². The molecule has 1 saturated heterocycles. The molecule has 0 spiro atoms. The molecule has 0 saturated carbocycles. The molecule has 0 unspecified atom stereocenters. The molecule has 0 aromatic rings. The first kappa shape index (κ1) is 10.9. The summed E-state index contributed by atoms with van der Waals surface area (Å²) < 4.78 is 25.5. The minimum atomic E-state index is -2.40. The number of hydrogen-bond donors (Lipinski definition) is 1. The highest BCUT2D eigenvalue weighted by atomic mass is 19.3. The Morgan fingerprint density at radius 3 is 2.46 bits per heavy atom. The van der Waals surface area contributed by atoms with Crippen LogP contribution in [0.2, 0.25) is 0 Å². The van der Waals surface area contributed by atoms with Crippen molar-refractivity contribution in [3.8, 4) is 0 Å². The molecule has 78 valence electrons. The summed E-state index contributed by atoms with van der Waals surface area (Å²) in [5.74, 6) is -2.40. The Morgan fingerprint density at radius 2 is 1.92 bits per heavy atom. The van der Waals surface area contributed by atoms with E-state index in [9.17, 15) is 8.78 Å². The van der Waals surface area contributed by atoms with Gasteiger partial charge < -0.3 is 10.2 Å². The third-order valence-electron chi connectivity index (χ3n) is 2.49. The predicted molar refractivity (Wildman–Crippen MR) is 49.2 cm³/mol. The monoisotopic (exact) mass is 192 g/mol. The number of halogens is 2. The highest BCUT2D eigenvalue weighted by molar-refractivity contribution is 4.77. The maximum absolute atomic E-state index is 12.7.